The van der Waals surface area contributed by atoms with Crippen molar-refractivity contribution in [3.63, 3.8) is 0 Å². The van der Waals surface area contributed by atoms with Crippen LogP contribution >= 0.6 is 11.3 Å². The molecule has 2 rings (SSSR count). The fraction of sp³-hybridized carbons (Fsp3) is 0.500. The van der Waals surface area contributed by atoms with Gasteiger partial charge in [-0.3, -0.25) is 4.79 Å². The fourth-order valence-corrected chi connectivity index (χ4v) is 4.25. The summed E-state index contributed by atoms with van der Waals surface area (Å²) in [4.78, 5) is 12.4. The van der Waals surface area contributed by atoms with Crippen molar-refractivity contribution < 1.29 is 9.22 Å². The molecule has 5 heteroatoms. The van der Waals surface area contributed by atoms with Gasteiger partial charge in [0, 0.05) is 16.5 Å². The average molecular weight is 350 g/mol. The molecule has 0 radical (unpaired) electrons. The Morgan fingerprint density at radius 3 is 2.48 bits per heavy atom. The van der Waals surface area contributed by atoms with Crippen LogP contribution in [-0.2, 0) is 4.79 Å². The van der Waals surface area contributed by atoms with Crippen LogP contribution in [0.4, 0.5) is 0 Å². The Bertz CT molecular complexity index is 715. The number of thiophene rings is 1. The first-order valence-corrected chi connectivity index (χ1v) is 11.7. The van der Waals surface area contributed by atoms with Crippen LogP contribution in [0.2, 0.25) is 18.1 Å². The summed E-state index contributed by atoms with van der Waals surface area (Å²) >= 11 is 1.72. The van der Waals surface area contributed by atoms with Gasteiger partial charge in [0.25, 0.3) is 0 Å². The Balaban J connectivity index is 2.27. The van der Waals surface area contributed by atoms with Gasteiger partial charge in [0.15, 0.2) is 0 Å². The predicted octanol–water partition coefficient (Wildman–Crippen LogP) is 5.48. The molecule has 2 aromatic rings. The maximum absolute atomic E-state index is 11.2. The number of carbonyl (C=O) groups is 1. The van der Waals surface area contributed by atoms with E-state index in [-0.39, 0.29) is 17.0 Å². The van der Waals surface area contributed by atoms with Crippen LogP contribution in [0.15, 0.2) is 24.3 Å². The number of nitrogens with one attached hydrogen (secondary N) is 1. The van der Waals surface area contributed by atoms with E-state index in [1.807, 2.05) is 6.92 Å². The third-order valence-electron chi connectivity index (χ3n) is 4.54. The molecule has 0 saturated heterocycles. The molecule has 1 atom stereocenters. The zero-order valence-electron chi connectivity index (χ0n) is 15.1. The highest BCUT2D eigenvalue weighted by atomic mass is 32.1. The zero-order valence-corrected chi connectivity index (χ0v) is 16.9. The molecule has 0 aliphatic rings. The summed E-state index contributed by atoms with van der Waals surface area (Å²) in [6.07, 6.45) is 0. The number of benzene rings is 1. The quantitative estimate of drug-likeness (QED) is 0.742. The second kappa shape index (κ2) is 6.28. The minimum atomic E-state index is -1.82. The van der Waals surface area contributed by atoms with Crippen molar-refractivity contribution in [3.05, 3.63) is 29.1 Å². The molecule has 0 fully saturated rings. The van der Waals surface area contributed by atoms with Gasteiger partial charge in [0.1, 0.15) is 5.75 Å². The number of carbonyl (C=O) groups excluding carboxylic acids is 1. The van der Waals surface area contributed by atoms with Crippen molar-refractivity contribution in [2.24, 2.45) is 0 Å². The maximum Gasteiger partial charge on any atom is 0.250 e. The molecule has 1 heterocycles. The largest absolute Gasteiger partial charge is 0.543 e. The second-order valence-electron chi connectivity index (χ2n) is 7.63. The van der Waals surface area contributed by atoms with Gasteiger partial charge in [-0.1, -0.05) is 20.8 Å². The van der Waals surface area contributed by atoms with Crippen molar-refractivity contribution >= 4 is 35.6 Å². The van der Waals surface area contributed by atoms with E-state index in [1.165, 1.54) is 15.0 Å². The van der Waals surface area contributed by atoms with Crippen molar-refractivity contribution in [1.82, 2.24) is 5.32 Å². The third-order valence-corrected chi connectivity index (χ3v) is 10.2. The number of hydrogen-bond donors (Lipinski definition) is 1. The van der Waals surface area contributed by atoms with Crippen LogP contribution in [0.25, 0.3) is 10.1 Å². The van der Waals surface area contributed by atoms with Gasteiger partial charge in [-0.2, -0.15) is 0 Å². The Labute approximate surface area is 144 Å². The molecule has 126 valence electrons. The average Bonchev–Trinajstić information content (AvgIpc) is 2.79. The zero-order chi connectivity index (χ0) is 17.4. The lowest BCUT2D eigenvalue weighted by Gasteiger charge is -2.36. The van der Waals surface area contributed by atoms with Gasteiger partial charge in [0.05, 0.1) is 6.04 Å². The van der Waals surface area contributed by atoms with E-state index >= 15 is 0 Å². The highest BCUT2D eigenvalue weighted by Crippen LogP contribution is 2.39. The van der Waals surface area contributed by atoms with E-state index in [2.05, 4.69) is 63.4 Å². The molecule has 3 nitrogen and oxygen atoms in total. The molecule has 23 heavy (non-hydrogen) atoms. The molecule has 1 aromatic carbocycles. The standard InChI is InChI=1S/C18H27NO2SSi/c1-12(19-13(2)20)16-10-14-8-9-15(11-17(14)22-16)21-23(6,7)18(3,4)5/h8-12H,1-7H3,(H,19,20). The first-order valence-electron chi connectivity index (χ1n) is 7.99. The van der Waals surface area contributed by atoms with Crippen molar-refractivity contribution in [2.45, 2.75) is 58.8 Å². The number of hydrogen-bond acceptors (Lipinski definition) is 3. The van der Waals surface area contributed by atoms with Crippen LogP contribution in [0.3, 0.4) is 0 Å². The van der Waals surface area contributed by atoms with Crippen LogP contribution in [-0.4, -0.2) is 14.2 Å². The highest BCUT2D eigenvalue weighted by Gasteiger charge is 2.38. The summed E-state index contributed by atoms with van der Waals surface area (Å²) in [5.74, 6) is 0.946. The molecule has 0 bridgehead atoms. The van der Waals surface area contributed by atoms with Gasteiger partial charge < -0.3 is 9.74 Å². The Morgan fingerprint density at radius 1 is 1.26 bits per heavy atom. The second-order valence-corrected chi connectivity index (χ2v) is 13.5. The first-order chi connectivity index (χ1) is 10.5. The van der Waals surface area contributed by atoms with Gasteiger partial charge >= 0.3 is 0 Å². The van der Waals surface area contributed by atoms with Crippen LogP contribution in [0, 0.1) is 0 Å². The van der Waals surface area contributed by atoms with E-state index in [4.69, 9.17) is 4.43 Å². The molecule has 1 amide bonds. The Hall–Kier alpha value is -1.33. The topological polar surface area (TPSA) is 38.3 Å². The lowest BCUT2D eigenvalue weighted by molar-refractivity contribution is -0.119. The third kappa shape index (κ3) is 4.15. The van der Waals surface area contributed by atoms with Crippen LogP contribution in [0.5, 0.6) is 5.75 Å². The van der Waals surface area contributed by atoms with E-state index < -0.39 is 8.32 Å². The predicted molar refractivity (Wildman–Crippen MR) is 102 cm³/mol. The van der Waals surface area contributed by atoms with E-state index in [0.29, 0.717) is 0 Å². The fourth-order valence-electron chi connectivity index (χ4n) is 2.13. The van der Waals surface area contributed by atoms with Crippen molar-refractivity contribution in [3.8, 4) is 5.75 Å². The van der Waals surface area contributed by atoms with Crippen molar-refractivity contribution in [2.75, 3.05) is 0 Å². The molecule has 1 N–H and O–H groups in total. The Kier molecular flexibility index (Phi) is 4.92. The monoisotopic (exact) mass is 349 g/mol. The van der Waals surface area contributed by atoms with Gasteiger partial charge in [-0.25, -0.2) is 0 Å². The smallest absolute Gasteiger partial charge is 0.250 e. The van der Waals surface area contributed by atoms with Gasteiger partial charge in [-0.05, 0) is 54.7 Å². The van der Waals surface area contributed by atoms with Crippen LogP contribution < -0.4 is 9.74 Å². The number of fused-ring (bicyclic) bond motifs is 1. The minimum Gasteiger partial charge on any atom is -0.543 e. The SMILES string of the molecule is CC(=O)NC(C)c1cc2ccc(O[Si](C)(C)C(C)(C)C)cc2s1. The molecule has 0 spiro atoms. The summed E-state index contributed by atoms with van der Waals surface area (Å²) in [5.41, 5.74) is 0. The summed E-state index contributed by atoms with van der Waals surface area (Å²) in [6, 6.07) is 8.48. The molecule has 0 aliphatic heterocycles. The Morgan fingerprint density at radius 2 is 1.91 bits per heavy atom. The van der Waals surface area contributed by atoms with Gasteiger partial charge in [-0.15, -0.1) is 11.3 Å². The lowest BCUT2D eigenvalue weighted by Crippen LogP contribution is -2.43. The molecule has 1 unspecified atom stereocenters. The van der Waals surface area contributed by atoms with Crippen molar-refractivity contribution in [1.29, 1.82) is 0 Å². The van der Waals surface area contributed by atoms with E-state index in [0.717, 1.165) is 5.75 Å². The summed E-state index contributed by atoms with van der Waals surface area (Å²) in [5, 5.41) is 4.32. The number of rotatable bonds is 4. The summed E-state index contributed by atoms with van der Waals surface area (Å²) in [7, 11) is -1.82. The van der Waals surface area contributed by atoms with E-state index in [9.17, 15) is 4.79 Å². The summed E-state index contributed by atoms with van der Waals surface area (Å²) < 4.78 is 7.59. The molecular weight excluding hydrogens is 322 g/mol. The van der Waals surface area contributed by atoms with E-state index in [1.54, 1.807) is 18.3 Å². The molecule has 0 aliphatic carbocycles. The molecule has 0 saturated carbocycles. The lowest BCUT2D eigenvalue weighted by atomic mass is 10.2. The van der Waals surface area contributed by atoms with Gasteiger partial charge in [0.2, 0.25) is 14.2 Å². The molecule has 1 aromatic heterocycles. The maximum atomic E-state index is 11.2. The summed E-state index contributed by atoms with van der Waals surface area (Å²) in [6.45, 7) is 14.8. The molecular formula is C18H27NO2SSi. The number of amides is 1. The highest BCUT2D eigenvalue weighted by molar-refractivity contribution is 7.19. The normalized spacial score (nSPS) is 13.9. The first kappa shape index (κ1) is 18.0. The van der Waals surface area contributed by atoms with Crippen LogP contribution in [0.1, 0.15) is 45.5 Å². The minimum absolute atomic E-state index is 0.00287.